The van der Waals surface area contributed by atoms with E-state index in [4.69, 9.17) is 10.0 Å². The van der Waals surface area contributed by atoms with E-state index in [1.54, 1.807) is 24.3 Å². The molecule has 0 radical (unpaired) electrons. The molecule has 0 heterocycles. The monoisotopic (exact) mass is 260 g/mol. The van der Waals surface area contributed by atoms with Gasteiger partial charge in [-0.1, -0.05) is 42.5 Å². The lowest BCUT2D eigenvalue weighted by Crippen LogP contribution is -2.29. The Kier molecular flexibility index (Phi) is 4.44. The van der Waals surface area contributed by atoms with Gasteiger partial charge in [-0.3, -0.25) is 0 Å². The number of hydrogen-bond acceptors (Lipinski definition) is 3. The van der Waals surface area contributed by atoms with Crippen molar-refractivity contribution in [2.24, 2.45) is 0 Å². The van der Waals surface area contributed by atoms with E-state index in [0.29, 0.717) is 16.1 Å². The van der Waals surface area contributed by atoms with E-state index < -0.39 is 18.3 Å². The van der Waals surface area contributed by atoms with Crippen molar-refractivity contribution in [3.05, 3.63) is 60.2 Å². The lowest BCUT2D eigenvalue weighted by Gasteiger charge is -2.10. The molecule has 5 heteroatoms. The summed E-state index contributed by atoms with van der Waals surface area (Å²) >= 11 is -1.12. The summed E-state index contributed by atoms with van der Waals surface area (Å²) in [6.07, 6.45) is 0. The van der Waals surface area contributed by atoms with Gasteiger partial charge in [-0.2, -0.15) is 0 Å². The summed E-state index contributed by atoms with van der Waals surface area (Å²) in [6.45, 7) is 0. The topological polar surface area (TPSA) is 63.5 Å². The Morgan fingerprint density at radius 2 is 1.56 bits per heavy atom. The maximum atomic E-state index is 12.1. The van der Waals surface area contributed by atoms with Gasteiger partial charge in [0.15, 0.2) is 4.90 Å². The number of rotatable bonds is 4. The smallest absolute Gasteiger partial charge is 0.488 e. The van der Waals surface area contributed by atoms with Crippen LogP contribution in [0.3, 0.4) is 0 Å². The molecule has 1 unspecified atom stereocenters. The summed E-state index contributed by atoms with van der Waals surface area (Å²) in [6, 6.07) is 16.1. The minimum absolute atomic E-state index is 0.399. The average molecular weight is 260 g/mol. The molecule has 92 valence electrons. The van der Waals surface area contributed by atoms with E-state index in [1.165, 1.54) is 0 Å². The zero-order valence-electron chi connectivity index (χ0n) is 9.69. The Morgan fingerprint density at radius 1 is 0.944 bits per heavy atom. The van der Waals surface area contributed by atoms with Gasteiger partial charge in [0.1, 0.15) is 5.75 Å². The molecule has 18 heavy (non-hydrogen) atoms. The molecule has 0 spiro atoms. The molecule has 3 nitrogen and oxygen atoms in total. The van der Waals surface area contributed by atoms with E-state index in [1.807, 2.05) is 30.3 Å². The van der Waals surface area contributed by atoms with E-state index in [0.717, 1.165) is 5.56 Å². The van der Waals surface area contributed by atoms with Crippen LogP contribution in [0.15, 0.2) is 59.5 Å². The molecule has 1 atom stereocenters. The molecule has 0 aliphatic heterocycles. The number of hydrogen-bond donors (Lipinski definition) is 2. The van der Waals surface area contributed by atoms with Gasteiger partial charge in [-0.15, -0.1) is 0 Å². The third-order valence-corrected chi connectivity index (χ3v) is 3.98. The highest BCUT2D eigenvalue weighted by atomic mass is 32.2. The second kappa shape index (κ2) is 6.06. The molecular weight excluding hydrogens is 247 g/mol. The van der Waals surface area contributed by atoms with E-state index in [9.17, 15) is 4.55 Å². The van der Waals surface area contributed by atoms with Crippen LogP contribution in [0.4, 0.5) is 0 Å². The molecule has 0 bridgehead atoms. The fourth-order valence-corrected chi connectivity index (χ4v) is 2.70. The van der Waals surface area contributed by atoms with Crippen molar-refractivity contribution in [2.45, 2.75) is 10.6 Å². The molecular formula is C13H13BO3S. The van der Waals surface area contributed by atoms with E-state index in [-0.39, 0.29) is 0 Å². The highest BCUT2D eigenvalue weighted by molar-refractivity contribution is 7.90. The normalized spacial score (nSPS) is 12.2. The first-order valence-corrected chi connectivity index (χ1v) is 6.87. The van der Waals surface area contributed by atoms with Crippen molar-refractivity contribution in [1.29, 1.82) is 0 Å². The van der Waals surface area contributed by atoms with Crippen molar-refractivity contribution < 1.29 is 14.6 Å². The summed E-state index contributed by atoms with van der Waals surface area (Å²) in [4.78, 5) is 0.684. The Labute approximate surface area is 109 Å². The van der Waals surface area contributed by atoms with Crippen molar-refractivity contribution >= 4 is 23.8 Å². The minimum atomic E-state index is -1.48. The average Bonchev–Trinajstić information content (AvgIpc) is 2.40. The first-order chi connectivity index (χ1) is 8.66. The maximum absolute atomic E-state index is 12.1. The first-order valence-electron chi connectivity index (χ1n) is 5.55. The molecule has 0 amide bonds. The Hall–Kier alpha value is -1.27. The molecule has 0 saturated heterocycles. The molecule has 2 N–H and O–H groups in total. The molecule has 2 aromatic carbocycles. The third-order valence-electron chi connectivity index (χ3n) is 2.58. The summed E-state index contributed by atoms with van der Waals surface area (Å²) in [5, 5.41) is 17.9. The van der Waals surface area contributed by atoms with E-state index >= 15 is 0 Å². The fraction of sp³-hybridized carbons (Fsp3) is 0.0769. The van der Waals surface area contributed by atoms with E-state index in [2.05, 4.69) is 0 Å². The Balaban J connectivity index is 2.07. The van der Waals surface area contributed by atoms with Gasteiger partial charge in [-0.05, 0) is 28.8 Å². The zero-order chi connectivity index (χ0) is 13.0. The van der Waals surface area contributed by atoms with Crippen LogP contribution < -0.4 is 5.46 Å². The summed E-state index contributed by atoms with van der Waals surface area (Å²) in [7, 11) is -1.48. The van der Waals surface area contributed by atoms with Crippen LogP contribution in [-0.4, -0.2) is 21.7 Å². The van der Waals surface area contributed by atoms with Crippen LogP contribution in [0.5, 0.6) is 0 Å². The second-order valence-corrected chi connectivity index (χ2v) is 5.37. The highest BCUT2D eigenvalue weighted by Gasteiger charge is 2.15. The van der Waals surface area contributed by atoms with Crippen molar-refractivity contribution in [2.75, 3.05) is 0 Å². The lowest BCUT2D eigenvalue weighted by atomic mass is 9.81. The molecule has 0 saturated carbocycles. The Bertz CT molecular complexity index is 487. The molecule has 0 aromatic heterocycles. The third kappa shape index (κ3) is 3.37. The quantitative estimate of drug-likeness (QED) is 0.627. The summed E-state index contributed by atoms with van der Waals surface area (Å²) in [5.41, 5.74) is 1.41. The zero-order valence-corrected chi connectivity index (χ0v) is 10.5. The lowest BCUT2D eigenvalue weighted by molar-refractivity contribution is 0.425. The predicted molar refractivity (Wildman–Crippen MR) is 72.8 cm³/mol. The van der Waals surface area contributed by atoms with Gasteiger partial charge in [0.05, 0.1) is 0 Å². The molecule has 2 rings (SSSR count). The maximum Gasteiger partial charge on any atom is 0.488 e. The first kappa shape index (κ1) is 13.2. The van der Waals surface area contributed by atoms with Crippen molar-refractivity contribution in [3.63, 3.8) is 0 Å². The molecule has 0 fully saturated rings. The molecule has 2 aromatic rings. The van der Waals surface area contributed by atoms with Crippen LogP contribution >= 0.6 is 0 Å². The van der Waals surface area contributed by atoms with Gasteiger partial charge >= 0.3 is 7.12 Å². The van der Waals surface area contributed by atoms with Crippen LogP contribution in [0.2, 0.25) is 0 Å². The Morgan fingerprint density at radius 3 is 2.11 bits per heavy atom. The SMILES string of the molecule is [O-][S+](Cc1ccccc1)c1ccc(B(O)O)cc1. The number of benzene rings is 2. The minimum Gasteiger partial charge on any atom is -0.611 e. The van der Waals surface area contributed by atoms with Crippen LogP contribution in [0.1, 0.15) is 5.56 Å². The van der Waals surface area contributed by atoms with Gasteiger partial charge in [-0.25, -0.2) is 0 Å². The van der Waals surface area contributed by atoms with Gasteiger partial charge in [0.25, 0.3) is 0 Å². The van der Waals surface area contributed by atoms with Gasteiger partial charge < -0.3 is 14.6 Å². The van der Waals surface area contributed by atoms with Gasteiger partial charge in [0.2, 0.25) is 0 Å². The molecule has 0 aliphatic carbocycles. The molecule has 0 aliphatic rings. The summed E-state index contributed by atoms with van der Waals surface area (Å²) in [5.74, 6) is 0.460. The van der Waals surface area contributed by atoms with Crippen molar-refractivity contribution in [3.8, 4) is 0 Å². The standard InChI is InChI=1S/C13H13BO3S/c15-14(16)12-6-8-13(9-7-12)18(17)10-11-4-2-1-3-5-11/h1-9,15-16H,10H2. The highest BCUT2D eigenvalue weighted by Crippen LogP contribution is 2.15. The van der Waals surface area contributed by atoms with Crippen molar-refractivity contribution in [1.82, 2.24) is 0 Å². The summed E-state index contributed by atoms with van der Waals surface area (Å²) < 4.78 is 12.1. The van der Waals surface area contributed by atoms with Crippen LogP contribution in [-0.2, 0) is 16.9 Å². The largest absolute Gasteiger partial charge is 0.611 e. The van der Waals surface area contributed by atoms with Gasteiger partial charge in [0, 0.05) is 5.56 Å². The fourth-order valence-electron chi connectivity index (χ4n) is 1.60. The van der Waals surface area contributed by atoms with Crippen LogP contribution in [0.25, 0.3) is 0 Å². The predicted octanol–water partition coefficient (Wildman–Crippen LogP) is 0.674. The van der Waals surface area contributed by atoms with Crippen LogP contribution in [0, 0.1) is 0 Å². The second-order valence-electron chi connectivity index (χ2n) is 3.92.